The van der Waals surface area contributed by atoms with Gasteiger partial charge in [-0.1, -0.05) is 84.9 Å². The van der Waals surface area contributed by atoms with Gasteiger partial charge in [0, 0.05) is 11.0 Å². The third-order valence-corrected chi connectivity index (χ3v) is 3.10. The Morgan fingerprint density at radius 1 is 0.368 bits per heavy atom. The summed E-state index contributed by atoms with van der Waals surface area (Å²) in [6.45, 7) is 0. The van der Waals surface area contributed by atoms with Crippen LogP contribution in [0.5, 0.6) is 0 Å². The number of benzene rings is 3. The smallest absolute Gasteiger partial charge is 0 e. The van der Waals surface area contributed by atoms with Gasteiger partial charge in [0.1, 0.15) is 0 Å². The van der Waals surface area contributed by atoms with Crippen LogP contribution >= 0.6 is 0 Å². The van der Waals surface area contributed by atoms with E-state index >= 15 is 0 Å². The normalized spacial score (nSPS) is 9.68. The second-order valence-electron chi connectivity index (χ2n) is 4.28. The van der Waals surface area contributed by atoms with E-state index in [0.717, 1.165) is 0 Å². The van der Waals surface area contributed by atoms with Gasteiger partial charge in [0.15, 0.2) is 0 Å². The van der Waals surface area contributed by atoms with Crippen LogP contribution in [-0.2, 0) is 0 Å². The SMILES string of the molecule is [Si].c1ccc(-c2ccccc2-c2ccccc2)cc1. The number of hydrogen-bond acceptors (Lipinski definition) is 0. The van der Waals surface area contributed by atoms with E-state index in [0.29, 0.717) is 0 Å². The van der Waals surface area contributed by atoms with Gasteiger partial charge in [0.25, 0.3) is 0 Å². The largest absolute Gasteiger partial charge is 0.0622 e. The van der Waals surface area contributed by atoms with Gasteiger partial charge in [0.05, 0.1) is 0 Å². The van der Waals surface area contributed by atoms with Crippen molar-refractivity contribution in [2.24, 2.45) is 0 Å². The van der Waals surface area contributed by atoms with Gasteiger partial charge in [0.2, 0.25) is 0 Å². The quantitative estimate of drug-likeness (QED) is 0.587. The second kappa shape index (κ2) is 6.16. The van der Waals surface area contributed by atoms with Crippen LogP contribution in [0.4, 0.5) is 0 Å². The Hall–Kier alpha value is -2.12. The topological polar surface area (TPSA) is 0 Å². The van der Waals surface area contributed by atoms with Crippen LogP contribution < -0.4 is 0 Å². The molecular weight excluding hydrogens is 244 g/mol. The van der Waals surface area contributed by atoms with Crippen molar-refractivity contribution in [3.8, 4) is 22.3 Å². The molecule has 0 unspecified atom stereocenters. The van der Waals surface area contributed by atoms with Crippen LogP contribution in [0.25, 0.3) is 22.3 Å². The van der Waals surface area contributed by atoms with Crippen LogP contribution in [0.3, 0.4) is 0 Å². The molecule has 0 saturated carbocycles. The fourth-order valence-electron chi connectivity index (χ4n) is 2.22. The average molecular weight is 258 g/mol. The molecule has 0 bridgehead atoms. The highest BCUT2D eigenvalue weighted by Gasteiger charge is 2.05. The second-order valence-corrected chi connectivity index (χ2v) is 4.28. The van der Waals surface area contributed by atoms with Gasteiger partial charge in [-0.2, -0.15) is 0 Å². The average Bonchev–Trinajstić information content (AvgIpc) is 2.49. The van der Waals surface area contributed by atoms with Gasteiger partial charge in [-0.15, -0.1) is 0 Å². The van der Waals surface area contributed by atoms with Gasteiger partial charge >= 0.3 is 0 Å². The zero-order valence-electron chi connectivity index (χ0n) is 10.6. The predicted octanol–water partition coefficient (Wildman–Crippen LogP) is 4.64. The predicted molar refractivity (Wildman–Crippen MR) is 83.1 cm³/mol. The summed E-state index contributed by atoms with van der Waals surface area (Å²) in [5.74, 6) is 0. The van der Waals surface area contributed by atoms with Crippen molar-refractivity contribution in [3.63, 3.8) is 0 Å². The zero-order chi connectivity index (χ0) is 12.2. The van der Waals surface area contributed by atoms with E-state index in [2.05, 4.69) is 84.9 Å². The van der Waals surface area contributed by atoms with Crippen molar-refractivity contribution in [2.75, 3.05) is 0 Å². The highest BCUT2D eigenvalue weighted by molar-refractivity contribution is 5.83. The van der Waals surface area contributed by atoms with Crippen molar-refractivity contribution < 1.29 is 0 Å². The maximum absolute atomic E-state index is 2.18. The molecule has 0 aliphatic heterocycles. The summed E-state index contributed by atoms with van der Waals surface area (Å²) < 4.78 is 0. The highest BCUT2D eigenvalue weighted by atomic mass is 28.1. The van der Waals surface area contributed by atoms with E-state index in [9.17, 15) is 0 Å². The monoisotopic (exact) mass is 258 g/mol. The van der Waals surface area contributed by atoms with Gasteiger partial charge in [-0.3, -0.25) is 0 Å². The van der Waals surface area contributed by atoms with E-state index in [1.54, 1.807) is 0 Å². The van der Waals surface area contributed by atoms with Crippen molar-refractivity contribution in [1.29, 1.82) is 0 Å². The molecule has 0 amide bonds. The fourth-order valence-corrected chi connectivity index (χ4v) is 2.22. The first-order valence-electron chi connectivity index (χ1n) is 6.15. The first-order valence-corrected chi connectivity index (χ1v) is 6.15. The Labute approximate surface area is 118 Å². The minimum atomic E-state index is 0. The lowest BCUT2D eigenvalue weighted by molar-refractivity contribution is 1.58. The molecule has 0 aromatic heterocycles. The van der Waals surface area contributed by atoms with Crippen molar-refractivity contribution in [2.45, 2.75) is 0 Å². The molecule has 3 aromatic carbocycles. The number of rotatable bonds is 2. The highest BCUT2D eigenvalue weighted by Crippen LogP contribution is 2.31. The molecule has 0 fully saturated rings. The maximum atomic E-state index is 2.18. The number of hydrogen-bond donors (Lipinski definition) is 0. The molecule has 0 nitrogen and oxygen atoms in total. The first-order chi connectivity index (χ1) is 8.95. The summed E-state index contributed by atoms with van der Waals surface area (Å²) in [6.07, 6.45) is 0. The summed E-state index contributed by atoms with van der Waals surface area (Å²) in [6, 6.07) is 29.6. The molecule has 0 aliphatic carbocycles. The Balaban J connectivity index is 0.00000133. The third kappa shape index (κ3) is 2.83. The summed E-state index contributed by atoms with van der Waals surface area (Å²) in [5, 5.41) is 0. The lowest BCUT2D eigenvalue weighted by Gasteiger charge is -2.09. The molecule has 0 aliphatic rings. The molecular formula is C18H14Si. The molecule has 1 heteroatoms. The van der Waals surface area contributed by atoms with Crippen LogP contribution in [0.15, 0.2) is 84.9 Å². The molecule has 4 radical (unpaired) electrons. The Morgan fingerprint density at radius 2 is 0.684 bits per heavy atom. The molecule has 19 heavy (non-hydrogen) atoms. The standard InChI is InChI=1S/C18H14.Si/c1-3-9-15(10-4-1)17-13-7-8-14-18(17)16-11-5-2-6-12-16;/h1-14H;. The van der Waals surface area contributed by atoms with E-state index < -0.39 is 0 Å². The third-order valence-electron chi connectivity index (χ3n) is 3.10. The molecule has 0 spiro atoms. The van der Waals surface area contributed by atoms with Crippen molar-refractivity contribution in [1.82, 2.24) is 0 Å². The summed E-state index contributed by atoms with van der Waals surface area (Å²) >= 11 is 0. The Morgan fingerprint density at radius 3 is 1.05 bits per heavy atom. The first kappa shape index (κ1) is 13.3. The van der Waals surface area contributed by atoms with E-state index in [4.69, 9.17) is 0 Å². The van der Waals surface area contributed by atoms with Crippen LogP contribution in [-0.4, -0.2) is 11.0 Å². The maximum Gasteiger partial charge on any atom is 0 e. The molecule has 3 rings (SSSR count). The van der Waals surface area contributed by atoms with E-state index in [-0.39, 0.29) is 11.0 Å². The fraction of sp³-hybridized carbons (Fsp3) is 0. The zero-order valence-corrected chi connectivity index (χ0v) is 11.6. The van der Waals surface area contributed by atoms with Gasteiger partial charge in [-0.25, -0.2) is 0 Å². The summed E-state index contributed by atoms with van der Waals surface area (Å²) in [7, 11) is 0. The van der Waals surface area contributed by atoms with Gasteiger partial charge in [-0.05, 0) is 22.3 Å². The van der Waals surface area contributed by atoms with Gasteiger partial charge < -0.3 is 0 Å². The Kier molecular flexibility index (Phi) is 4.32. The minimum Gasteiger partial charge on any atom is -0.0622 e. The van der Waals surface area contributed by atoms with E-state index in [1.165, 1.54) is 22.3 Å². The lowest BCUT2D eigenvalue weighted by Crippen LogP contribution is -1.83. The minimum absolute atomic E-state index is 0. The molecule has 0 N–H and O–H groups in total. The summed E-state index contributed by atoms with van der Waals surface area (Å²) in [5.41, 5.74) is 5.09. The molecule has 3 aromatic rings. The molecule has 90 valence electrons. The molecule has 0 saturated heterocycles. The Bertz CT molecular complexity index is 572. The summed E-state index contributed by atoms with van der Waals surface area (Å²) in [4.78, 5) is 0. The van der Waals surface area contributed by atoms with Crippen molar-refractivity contribution >= 4 is 11.0 Å². The van der Waals surface area contributed by atoms with Crippen LogP contribution in [0.2, 0.25) is 0 Å². The van der Waals surface area contributed by atoms with Crippen LogP contribution in [0.1, 0.15) is 0 Å². The van der Waals surface area contributed by atoms with E-state index in [1.807, 2.05) is 0 Å². The lowest BCUT2D eigenvalue weighted by atomic mass is 9.95. The van der Waals surface area contributed by atoms with Crippen LogP contribution in [0, 0.1) is 0 Å². The molecule has 0 atom stereocenters. The molecule has 0 heterocycles. The van der Waals surface area contributed by atoms with Crippen molar-refractivity contribution in [3.05, 3.63) is 84.9 Å².